The summed E-state index contributed by atoms with van der Waals surface area (Å²) in [6.07, 6.45) is 0.261. The van der Waals surface area contributed by atoms with E-state index in [9.17, 15) is 19.7 Å². The molecule has 0 radical (unpaired) electrons. The van der Waals surface area contributed by atoms with Crippen molar-refractivity contribution in [1.82, 2.24) is 10.2 Å². The number of urea groups is 1. The van der Waals surface area contributed by atoms with Gasteiger partial charge in [0.25, 0.3) is 5.69 Å². The van der Waals surface area contributed by atoms with E-state index >= 15 is 0 Å². The first-order valence-electron chi connectivity index (χ1n) is 10.0. The van der Waals surface area contributed by atoms with E-state index in [2.05, 4.69) is 10.2 Å². The maximum atomic E-state index is 12.7. The Hall–Kier alpha value is -3.33. The van der Waals surface area contributed by atoms with Gasteiger partial charge >= 0.3 is 6.03 Å². The van der Waals surface area contributed by atoms with Crippen molar-refractivity contribution in [3.8, 4) is 0 Å². The number of carbonyl (C=O) groups is 2. The first-order valence-corrected chi connectivity index (χ1v) is 10.4. The van der Waals surface area contributed by atoms with Crippen LogP contribution in [0.1, 0.15) is 6.42 Å². The Morgan fingerprint density at radius 2 is 1.61 bits per heavy atom. The van der Waals surface area contributed by atoms with Gasteiger partial charge in [0.1, 0.15) is 0 Å². The van der Waals surface area contributed by atoms with Gasteiger partial charge in [-0.15, -0.1) is 0 Å². The van der Waals surface area contributed by atoms with Crippen molar-refractivity contribution in [2.75, 3.05) is 42.5 Å². The van der Waals surface area contributed by atoms with E-state index in [-0.39, 0.29) is 30.1 Å². The topological polar surface area (TPSA) is 99.0 Å². The van der Waals surface area contributed by atoms with Gasteiger partial charge < -0.3 is 20.0 Å². The lowest BCUT2D eigenvalue weighted by molar-refractivity contribution is -0.384. The van der Waals surface area contributed by atoms with Gasteiger partial charge in [-0.05, 0) is 36.4 Å². The molecule has 0 aliphatic carbocycles. The fourth-order valence-electron chi connectivity index (χ4n) is 3.89. The Bertz CT molecular complexity index is 974. The maximum absolute atomic E-state index is 12.7. The number of nitro benzene ring substituents is 1. The van der Waals surface area contributed by atoms with Gasteiger partial charge in [0, 0.05) is 67.7 Å². The zero-order chi connectivity index (χ0) is 22.0. The molecular formula is C21H22ClN5O4. The average Bonchev–Trinajstić information content (AvgIpc) is 3.14. The van der Waals surface area contributed by atoms with Gasteiger partial charge in [-0.1, -0.05) is 11.6 Å². The molecule has 31 heavy (non-hydrogen) atoms. The van der Waals surface area contributed by atoms with Gasteiger partial charge in [0.05, 0.1) is 11.0 Å². The highest BCUT2D eigenvalue weighted by Gasteiger charge is 2.33. The van der Waals surface area contributed by atoms with Crippen molar-refractivity contribution < 1.29 is 14.5 Å². The van der Waals surface area contributed by atoms with Crippen molar-refractivity contribution in [2.24, 2.45) is 0 Å². The molecule has 0 spiro atoms. The molecule has 2 aliphatic rings. The number of halogens is 1. The van der Waals surface area contributed by atoms with E-state index in [0.29, 0.717) is 37.7 Å². The average molecular weight is 444 g/mol. The number of anilines is 2. The van der Waals surface area contributed by atoms with Gasteiger partial charge in [-0.3, -0.25) is 14.9 Å². The molecule has 1 N–H and O–H groups in total. The van der Waals surface area contributed by atoms with Crippen LogP contribution in [0.15, 0.2) is 48.5 Å². The highest BCUT2D eigenvalue weighted by Crippen LogP contribution is 2.24. The predicted octanol–water partition coefficient (Wildman–Crippen LogP) is 2.89. The number of rotatable bonds is 4. The summed E-state index contributed by atoms with van der Waals surface area (Å²) >= 11 is 5.91. The zero-order valence-corrected chi connectivity index (χ0v) is 17.5. The van der Waals surface area contributed by atoms with Gasteiger partial charge in [-0.2, -0.15) is 0 Å². The largest absolute Gasteiger partial charge is 0.368 e. The molecule has 1 atom stereocenters. The van der Waals surface area contributed by atoms with E-state index in [0.717, 1.165) is 11.4 Å². The van der Waals surface area contributed by atoms with Crippen LogP contribution in [0.25, 0.3) is 0 Å². The molecule has 9 nitrogen and oxygen atoms in total. The minimum atomic E-state index is -0.423. The normalized spacial score (nSPS) is 18.9. The van der Waals surface area contributed by atoms with Gasteiger partial charge in [-0.25, -0.2) is 4.79 Å². The molecule has 162 valence electrons. The van der Waals surface area contributed by atoms with Crippen molar-refractivity contribution in [2.45, 2.75) is 12.5 Å². The Labute approximate surface area is 184 Å². The summed E-state index contributed by atoms with van der Waals surface area (Å²) in [6, 6.07) is 13.1. The molecule has 2 aromatic carbocycles. The summed E-state index contributed by atoms with van der Waals surface area (Å²) < 4.78 is 0. The zero-order valence-electron chi connectivity index (χ0n) is 16.7. The number of nitro groups is 1. The van der Waals surface area contributed by atoms with Crippen LogP contribution in [0.2, 0.25) is 5.02 Å². The summed E-state index contributed by atoms with van der Waals surface area (Å²) in [6.45, 7) is 2.75. The van der Waals surface area contributed by atoms with E-state index in [4.69, 9.17) is 11.6 Å². The molecule has 0 aromatic heterocycles. The molecule has 0 saturated carbocycles. The third-order valence-corrected chi connectivity index (χ3v) is 5.84. The van der Waals surface area contributed by atoms with Crippen LogP contribution in [0.3, 0.4) is 0 Å². The predicted molar refractivity (Wildman–Crippen MR) is 118 cm³/mol. The number of amides is 3. The van der Waals surface area contributed by atoms with E-state index in [1.54, 1.807) is 46.2 Å². The summed E-state index contributed by atoms with van der Waals surface area (Å²) in [5.74, 6) is -0.0318. The molecule has 2 fully saturated rings. The smallest absolute Gasteiger partial charge is 0.317 e. The fraction of sp³-hybridized carbons (Fsp3) is 0.333. The van der Waals surface area contributed by atoms with Crippen molar-refractivity contribution in [3.05, 3.63) is 63.7 Å². The number of piperazine rings is 1. The van der Waals surface area contributed by atoms with Crippen LogP contribution in [0.5, 0.6) is 0 Å². The molecular weight excluding hydrogens is 422 g/mol. The Balaban J connectivity index is 1.29. The number of hydrogen-bond donors (Lipinski definition) is 1. The molecule has 3 amide bonds. The maximum Gasteiger partial charge on any atom is 0.317 e. The van der Waals surface area contributed by atoms with E-state index in [1.165, 1.54) is 12.1 Å². The summed E-state index contributed by atoms with van der Waals surface area (Å²) in [7, 11) is 0. The van der Waals surface area contributed by atoms with Crippen LogP contribution in [-0.2, 0) is 4.79 Å². The quantitative estimate of drug-likeness (QED) is 0.578. The second-order valence-corrected chi connectivity index (χ2v) is 8.02. The van der Waals surface area contributed by atoms with Crippen LogP contribution in [0.4, 0.5) is 21.9 Å². The standard InChI is InChI=1S/C21H22ClN5O4/c22-15-1-3-18(4-2-15)26-14-16(13-20(26)28)23-21(29)25-11-9-24(10-12-25)17-5-7-19(8-6-17)27(30)31/h1-8,16H,9-14H2,(H,23,29)/t16-/m0/s1. The molecule has 0 bridgehead atoms. The SMILES string of the molecule is O=C(N[C@H]1CC(=O)N(c2ccc(Cl)cc2)C1)N1CCN(c2ccc([N+](=O)[O-])cc2)CC1. The summed E-state index contributed by atoms with van der Waals surface area (Å²) in [5, 5.41) is 14.4. The number of hydrogen-bond acceptors (Lipinski definition) is 5. The van der Waals surface area contributed by atoms with Gasteiger partial charge in [0.15, 0.2) is 0 Å². The van der Waals surface area contributed by atoms with Crippen molar-refractivity contribution in [1.29, 1.82) is 0 Å². The Kier molecular flexibility index (Phi) is 5.94. The number of nitrogens with one attached hydrogen (secondary N) is 1. The second kappa shape index (κ2) is 8.81. The molecule has 2 aliphatic heterocycles. The van der Waals surface area contributed by atoms with E-state index in [1.807, 2.05) is 0 Å². The molecule has 2 heterocycles. The lowest BCUT2D eigenvalue weighted by Crippen LogP contribution is -2.53. The number of carbonyl (C=O) groups excluding carboxylic acids is 2. The summed E-state index contributed by atoms with van der Waals surface area (Å²) in [5.41, 5.74) is 1.72. The molecule has 2 aromatic rings. The minimum Gasteiger partial charge on any atom is -0.368 e. The lowest BCUT2D eigenvalue weighted by Gasteiger charge is -2.36. The number of non-ortho nitro benzene ring substituents is 1. The van der Waals surface area contributed by atoms with E-state index < -0.39 is 4.92 Å². The Morgan fingerprint density at radius 3 is 2.23 bits per heavy atom. The highest BCUT2D eigenvalue weighted by atomic mass is 35.5. The molecule has 10 heteroatoms. The first-order chi connectivity index (χ1) is 14.9. The third kappa shape index (κ3) is 4.72. The lowest BCUT2D eigenvalue weighted by atomic mass is 10.2. The fourth-order valence-corrected chi connectivity index (χ4v) is 4.02. The number of nitrogens with zero attached hydrogens (tertiary/aromatic N) is 4. The molecule has 2 saturated heterocycles. The van der Waals surface area contributed by atoms with Gasteiger partial charge in [0.2, 0.25) is 5.91 Å². The van der Waals surface area contributed by atoms with Crippen LogP contribution in [-0.4, -0.2) is 60.5 Å². The number of benzene rings is 2. The third-order valence-electron chi connectivity index (χ3n) is 5.58. The molecule has 0 unspecified atom stereocenters. The van der Waals surface area contributed by atoms with Crippen LogP contribution < -0.4 is 15.1 Å². The second-order valence-electron chi connectivity index (χ2n) is 7.58. The molecule has 4 rings (SSSR count). The van der Waals surface area contributed by atoms with Crippen molar-refractivity contribution >= 4 is 40.6 Å². The van der Waals surface area contributed by atoms with Crippen LogP contribution >= 0.6 is 11.6 Å². The highest BCUT2D eigenvalue weighted by molar-refractivity contribution is 6.30. The Morgan fingerprint density at radius 1 is 1.00 bits per heavy atom. The summed E-state index contributed by atoms with van der Waals surface area (Å²) in [4.78, 5) is 40.9. The first kappa shape index (κ1) is 20.9. The minimum absolute atomic E-state index is 0.0318. The monoisotopic (exact) mass is 443 g/mol. The van der Waals surface area contributed by atoms with Crippen LogP contribution in [0, 0.1) is 10.1 Å². The van der Waals surface area contributed by atoms with Crippen molar-refractivity contribution in [3.63, 3.8) is 0 Å².